The van der Waals surface area contributed by atoms with Gasteiger partial charge < -0.3 is 15.0 Å². The Morgan fingerprint density at radius 1 is 1.50 bits per heavy atom. The second kappa shape index (κ2) is 8.73. The fourth-order valence-corrected chi connectivity index (χ4v) is 2.82. The molecule has 1 N–H and O–H groups in total. The number of aromatic nitrogens is 1. The zero-order chi connectivity index (χ0) is 15.8. The first kappa shape index (κ1) is 16.7. The molecule has 1 aromatic heterocycles. The van der Waals surface area contributed by atoms with Crippen LogP contribution in [0.4, 0.5) is 5.82 Å². The standard InChI is InChI=1S/C17H27N3O2/c1-3-4-9-18-16-8-7-15(11-19-16)17(21)20-10-5-6-14(12-20)13-22-2/h7-8,11,14H,3-6,9-10,12-13H2,1-2H3,(H,18,19)/t14-/m0/s1. The van der Waals surface area contributed by atoms with Crippen LogP contribution in [0.2, 0.25) is 0 Å². The normalized spacial score (nSPS) is 18.3. The number of carbonyl (C=O) groups excluding carboxylic acids is 1. The van der Waals surface area contributed by atoms with E-state index < -0.39 is 0 Å². The molecule has 0 aromatic carbocycles. The van der Waals surface area contributed by atoms with Crippen molar-refractivity contribution >= 4 is 11.7 Å². The van der Waals surface area contributed by atoms with Crippen LogP contribution in [0, 0.1) is 5.92 Å². The third kappa shape index (κ3) is 4.70. The SMILES string of the molecule is CCCCNc1ccc(C(=O)N2CCC[C@H](COC)C2)cn1. The van der Waals surface area contributed by atoms with Crippen LogP contribution in [0.1, 0.15) is 43.0 Å². The number of nitrogens with one attached hydrogen (secondary N) is 1. The van der Waals surface area contributed by atoms with Gasteiger partial charge in [0.15, 0.2) is 0 Å². The van der Waals surface area contributed by atoms with Gasteiger partial charge in [-0.25, -0.2) is 4.98 Å². The lowest BCUT2D eigenvalue weighted by Crippen LogP contribution is -2.41. The lowest BCUT2D eigenvalue weighted by Gasteiger charge is -2.32. The third-order valence-corrected chi connectivity index (χ3v) is 4.06. The zero-order valence-corrected chi connectivity index (χ0v) is 13.7. The lowest BCUT2D eigenvalue weighted by molar-refractivity contribution is 0.0570. The molecule has 2 rings (SSSR count). The Morgan fingerprint density at radius 2 is 2.36 bits per heavy atom. The molecule has 1 saturated heterocycles. The molecule has 1 aliphatic heterocycles. The summed E-state index contributed by atoms with van der Waals surface area (Å²) >= 11 is 0. The van der Waals surface area contributed by atoms with E-state index in [1.165, 1.54) is 0 Å². The summed E-state index contributed by atoms with van der Waals surface area (Å²) < 4.78 is 5.22. The van der Waals surface area contributed by atoms with Crippen LogP contribution < -0.4 is 5.32 Å². The Kier molecular flexibility index (Phi) is 6.65. The Bertz CT molecular complexity index is 459. The van der Waals surface area contributed by atoms with Gasteiger partial charge in [-0.3, -0.25) is 4.79 Å². The number of piperidine rings is 1. The average molecular weight is 305 g/mol. The van der Waals surface area contributed by atoms with Gasteiger partial charge in [0.2, 0.25) is 0 Å². The number of carbonyl (C=O) groups is 1. The number of anilines is 1. The highest BCUT2D eigenvalue weighted by Crippen LogP contribution is 2.19. The largest absolute Gasteiger partial charge is 0.384 e. The summed E-state index contributed by atoms with van der Waals surface area (Å²) in [6, 6.07) is 3.75. The minimum Gasteiger partial charge on any atom is -0.384 e. The van der Waals surface area contributed by atoms with Crippen molar-refractivity contribution in [2.24, 2.45) is 5.92 Å². The molecular formula is C17H27N3O2. The van der Waals surface area contributed by atoms with Gasteiger partial charge in [0.1, 0.15) is 5.82 Å². The minimum absolute atomic E-state index is 0.0772. The average Bonchev–Trinajstić information content (AvgIpc) is 2.56. The van der Waals surface area contributed by atoms with Crippen molar-refractivity contribution in [1.29, 1.82) is 0 Å². The molecule has 22 heavy (non-hydrogen) atoms. The first-order chi connectivity index (χ1) is 10.7. The van der Waals surface area contributed by atoms with E-state index in [2.05, 4.69) is 17.2 Å². The number of hydrogen-bond acceptors (Lipinski definition) is 4. The number of methoxy groups -OCH3 is 1. The Morgan fingerprint density at radius 3 is 3.05 bits per heavy atom. The van der Waals surface area contributed by atoms with Crippen molar-refractivity contribution < 1.29 is 9.53 Å². The van der Waals surface area contributed by atoms with Crippen LogP contribution in [-0.2, 0) is 4.74 Å². The summed E-state index contributed by atoms with van der Waals surface area (Å²) in [5.74, 6) is 1.36. The fourth-order valence-electron chi connectivity index (χ4n) is 2.82. The van der Waals surface area contributed by atoms with Gasteiger partial charge in [0, 0.05) is 32.9 Å². The predicted octanol–water partition coefficient (Wildman–Crippen LogP) is 2.79. The molecule has 1 fully saturated rings. The smallest absolute Gasteiger partial charge is 0.255 e. The van der Waals surface area contributed by atoms with Crippen molar-refractivity contribution in [1.82, 2.24) is 9.88 Å². The van der Waals surface area contributed by atoms with Crippen LogP contribution in [-0.4, -0.2) is 49.1 Å². The summed E-state index contributed by atoms with van der Waals surface area (Å²) in [5.41, 5.74) is 0.666. The Labute approximate surface area is 133 Å². The second-order valence-electron chi connectivity index (χ2n) is 5.93. The maximum atomic E-state index is 12.5. The maximum Gasteiger partial charge on any atom is 0.255 e. The predicted molar refractivity (Wildman–Crippen MR) is 88.1 cm³/mol. The fraction of sp³-hybridized carbons (Fsp3) is 0.647. The van der Waals surface area contributed by atoms with E-state index in [-0.39, 0.29) is 5.91 Å². The van der Waals surface area contributed by atoms with Gasteiger partial charge in [-0.1, -0.05) is 13.3 Å². The van der Waals surface area contributed by atoms with Gasteiger partial charge in [-0.05, 0) is 37.3 Å². The summed E-state index contributed by atoms with van der Waals surface area (Å²) in [6.45, 7) is 5.41. The topological polar surface area (TPSA) is 54.5 Å². The van der Waals surface area contributed by atoms with Gasteiger partial charge in [0.25, 0.3) is 5.91 Å². The van der Waals surface area contributed by atoms with E-state index in [0.29, 0.717) is 11.5 Å². The molecule has 1 aromatic rings. The summed E-state index contributed by atoms with van der Waals surface area (Å²) in [6.07, 6.45) is 6.13. The summed E-state index contributed by atoms with van der Waals surface area (Å²) in [4.78, 5) is 18.8. The zero-order valence-electron chi connectivity index (χ0n) is 13.7. The van der Waals surface area contributed by atoms with Gasteiger partial charge in [-0.15, -0.1) is 0 Å². The lowest BCUT2D eigenvalue weighted by atomic mass is 9.98. The number of hydrogen-bond donors (Lipinski definition) is 1. The summed E-state index contributed by atoms with van der Waals surface area (Å²) in [5, 5.41) is 3.26. The van der Waals surface area contributed by atoms with Crippen molar-refractivity contribution in [2.45, 2.75) is 32.6 Å². The monoisotopic (exact) mass is 305 g/mol. The molecule has 1 aliphatic rings. The van der Waals surface area contributed by atoms with Crippen molar-refractivity contribution in [2.75, 3.05) is 38.7 Å². The Balaban J connectivity index is 1.91. The van der Waals surface area contributed by atoms with Crippen LogP contribution in [0.3, 0.4) is 0 Å². The van der Waals surface area contributed by atoms with Crippen molar-refractivity contribution in [3.8, 4) is 0 Å². The Hall–Kier alpha value is -1.62. The van der Waals surface area contributed by atoms with E-state index in [9.17, 15) is 4.79 Å². The molecule has 0 radical (unpaired) electrons. The molecule has 1 amide bonds. The first-order valence-electron chi connectivity index (χ1n) is 8.22. The van der Waals surface area contributed by atoms with Crippen LogP contribution in [0.15, 0.2) is 18.3 Å². The number of rotatable bonds is 7. The van der Waals surface area contributed by atoms with Crippen LogP contribution in [0.25, 0.3) is 0 Å². The van der Waals surface area contributed by atoms with Crippen LogP contribution >= 0.6 is 0 Å². The minimum atomic E-state index is 0.0772. The van der Waals surface area contributed by atoms with Gasteiger partial charge >= 0.3 is 0 Å². The number of ether oxygens (including phenoxy) is 1. The highest BCUT2D eigenvalue weighted by molar-refractivity contribution is 5.94. The molecule has 2 heterocycles. The molecular weight excluding hydrogens is 278 g/mol. The van der Waals surface area contributed by atoms with E-state index in [0.717, 1.165) is 57.7 Å². The number of nitrogens with zero attached hydrogens (tertiary/aromatic N) is 2. The van der Waals surface area contributed by atoms with Gasteiger partial charge in [0.05, 0.1) is 12.2 Å². The molecule has 0 unspecified atom stereocenters. The van der Waals surface area contributed by atoms with Crippen molar-refractivity contribution in [3.05, 3.63) is 23.9 Å². The van der Waals surface area contributed by atoms with Gasteiger partial charge in [-0.2, -0.15) is 0 Å². The highest BCUT2D eigenvalue weighted by Gasteiger charge is 2.24. The maximum absolute atomic E-state index is 12.5. The first-order valence-corrected chi connectivity index (χ1v) is 8.22. The number of unbranched alkanes of at least 4 members (excludes halogenated alkanes) is 1. The molecule has 0 spiro atoms. The van der Waals surface area contributed by atoms with E-state index in [1.54, 1.807) is 13.3 Å². The van der Waals surface area contributed by atoms with E-state index in [4.69, 9.17) is 4.74 Å². The second-order valence-corrected chi connectivity index (χ2v) is 5.93. The van der Waals surface area contributed by atoms with Crippen molar-refractivity contribution in [3.63, 3.8) is 0 Å². The molecule has 0 aliphatic carbocycles. The van der Waals surface area contributed by atoms with E-state index >= 15 is 0 Å². The number of pyridine rings is 1. The van der Waals surface area contributed by atoms with E-state index in [1.807, 2.05) is 17.0 Å². The molecule has 0 saturated carbocycles. The molecule has 5 nitrogen and oxygen atoms in total. The van der Waals surface area contributed by atoms with Crippen LogP contribution in [0.5, 0.6) is 0 Å². The number of amides is 1. The highest BCUT2D eigenvalue weighted by atomic mass is 16.5. The molecule has 122 valence electrons. The molecule has 0 bridgehead atoms. The quantitative estimate of drug-likeness (QED) is 0.787. The number of likely N-dealkylation sites (tertiary alicyclic amines) is 1. The summed E-state index contributed by atoms with van der Waals surface area (Å²) in [7, 11) is 1.72. The molecule has 5 heteroatoms. The molecule has 1 atom stereocenters. The third-order valence-electron chi connectivity index (χ3n) is 4.06.